The van der Waals surface area contributed by atoms with E-state index in [-0.39, 0.29) is 36.2 Å². The van der Waals surface area contributed by atoms with Gasteiger partial charge in [0.1, 0.15) is 12.6 Å². The lowest BCUT2D eigenvalue weighted by Gasteiger charge is -2.35. The van der Waals surface area contributed by atoms with E-state index in [1.54, 1.807) is 22.3 Å². The maximum atomic E-state index is 14.5. The summed E-state index contributed by atoms with van der Waals surface area (Å²) in [5.41, 5.74) is 8.65. The summed E-state index contributed by atoms with van der Waals surface area (Å²) in [6.45, 7) is 6.45. The zero-order valence-corrected chi connectivity index (χ0v) is 24.2. The van der Waals surface area contributed by atoms with Gasteiger partial charge in [-0.15, -0.1) is 11.3 Å². The first-order valence-corrected chi connectivity index (χ1v) is 15.5. The van der Waals surface area contributed by atoms with Crippen molar-refractivity contribution in [3.05, 3.63) is 34.7 Å². The van der Waals surface area contributed by atoms with Crippen LogP contribution in [0.4, 0.5) is 5.13 Å². The van der Waals surface area contributed by atoms with Gasteiger partial charge >= 0.3 is 0 Å². The molecule has 0 spiro atoms. The largest absolute Gasteiger partial charge is 0.367 e. The first-order valence-electron chi connectivity index (χ1n) is 14.6. The Balaban J connectivity index is 1.37. The molecule has 3 aliphatic heterocycles. The molecule has 3 saturated heterocycles. The van der Waals surface area contributed by atoms with Crippen LogP contribution in [0.1, 0.15) is 60.9 Å². The van der Waals surface area contributed by atoms with E-state index in [2.05, 4.69) is 22.2 Å². The number of fused-ring (bicyclic) bond motifs is 1. The topological polar surface area (TPSA) is 109 Å². The number of aromatic nitrogens is 1. The number of ketones is 1. The van der Waals surface area contributed by atoms with Crippen molar-refractivity contribution < 1.29 is 19.1 Å². The van der Waals surface area contributed by atoms with E-state index in [4.69, 9.17) is 15.5 Å². The Morgan fingerprint density at radius 2 is 1.88 bits per heavy atom. The number of hydrogen-bond acceptors (Lipinski definition) is 8. The van der Waals surface area contributed by atoms with Crippen LogP contribution in [0.25, 0.3) is 11.3 Å². The summed E-state index contributed by atoms with van der Waals surface area (Å²) in [5.74, 6) is -1.04. The molecular formula is C30H39N5O4S. The molecule has 2 amide bonds. The molecule has 214 valence electrons. The lowest BCUT2D eigenvalue weighted by atomic mass is 9.74. The maximum Gasteiger partial charge on any atom is 0.249 e. The number of ether oxygens (including phenoxy) is 1. The van der Waals surface area contributed by atoms with Crippen molar-refractivity contribution in [3.8, 4) is 11.3 Å². The standard InChI is InChI=1S/C30H39N5O4S/c1-18-15-35(26-24(36)16-39-27(18)26)29(38)25(19-6-4-3-5-7-19)22-14-20(8-9-21(22)28(31)37)23-17-40-30(32-23)34-12-10-33(2)11-13-34/h8-9,14,17-19,25-27H,3-7,10-13,15-16H2,1-2H3,(H2,31,37)/t18-,25+,26-,27-/m1/s1. The fourth-order valence-electron chi connectivity index (χ4n) is 7.10. The Morgan fingerprint density at radius 3 is 2.60 bits per heavy atom. The van der Waals surface area contributed by atoms with Gasteiger partial charge in [-0.05, 0) is 43.5 Å². The molecular weight excluding hydrogens is 526 g/mol. The average molecular weight is 566 g/mol. The highest BCUT2D eigenvalue weighted by atomic mass is 32.1. The molecule has 1 saturated carbocycles. The van der Waals surface area contributed by atoms with Gasteiger partial charge in [0.25, 0.3) is 0 Å². The number of hydrogen-bond donors (Lipinski definition) is 1. The van der Waals surface area contributed by atoms with E-state index in [1.807, 2.05) is 19.1 Å². The number of piperazine rings is 1. The van der Waals surface area contributed by atoms with Crippen LogP contribution in [-0.4, -0.2) is 90.9 Å². The van der Waals surface area contributed by atoms with Gasteiger partial charge in [-0.1, -0.05) is 32.3 Å². The first-order chi connectivity index (χ1) is 19.3. The third-order valence-corrected chi connectivity index (χ3v) is 10.2. The number of nitrogens with zero attached hydrogens (tertiary/aromatic N) is 4. The molecule has 4 heterocycles. The third-order valence-electron chi connectivity index (χ3n) is 9.32. The van der Waals surface area contributed by atoms with Crippen molar-refractivity contribution >= 4 is 34.1 Å². The van der Waals surface area contributed by atoms with Gasteiger partial charge in [0.2, 0.25) is 11.8 Å². The van der Waals surface area contributed by atoms with Gasteiger partial charge in [-0.2, -0.15) is 0 Å². The molecule has 4 atom stereocenters. The van der Waals surface area contributed by atoms with Crippen molar-refractivity contribution in [2.24, 2.45) is 17.6 Å². The Hall–Kier alpha value is -2.82. The number of rotatable bonds is 6. The summed E-state index contributed by atoms with van der Waals surface area (Å²) in [6, 6.07) is 5.06. The van der Waals surface area contributed by atoms with Crippen molar-refractivity contribution in [2.75, 3.05) is 51.3 Å². The number of likely N-dealkylation sites (N-methyl/N-ethyl adjacent to an activating group) is 1. The molecule has 40 heavy (non-hydrogen) atoms. The first kappa shape index (κ1) is 27.4. The Kier molecular flexibility index (Phi) is 7.67. The second-order valence-electron chi connectivity index (χ2n) is 12.0. The van der Waals surface area contributed by atoms with Crippen LogP contribution in [0.5, 0.6) is 0 Å². The minimum absolute atomic E-state index is 0.0344. The normalized spacial score (nSPS) is 26.8. The molecule has 1 aliphatic carbocycles. The van der Waals surface area contributed by atoms with Crippen molar-refractivity contribution in [1.82, 2.24) is 14.8 Å². The van der Waals surface area contributed by atoms with Gasteiger partial charge < -0.3 is 25.2 Å². The number of nitrogens with two attached hydrogens (primary N) is 1. The number of thiazole rings is 1. The highest BCUT2D eigenvalue weighted by Crippen LogP contribution is 2.43. The van der Waals surface area contributed by atoms with E-state index >= 15 is 0 Å². The van der Waals surface area contributed by atoms with Crippen LogP contribution >= 0.6 is 11.3 Å². The van der Waals surface area contributed by atoms with E-state index in [0.717, 1.165) is 74.7 Å². The predicted octanol–water partition coefficient (Wildman–Crippen LogP) is 3.14. The van der Waals surface area contributed by atoms with Crippen LogP contribution in [0.2, 0.25) is 0 Å². The lowest BCUT2D eigenvalue weighted by molar-refractivity contribution is -0.139. The number of likely N-dealkylation sites (tertiary alicyclic amines) is 1. The minimum atomic E-state index is -0.544. The highest BCUT2D eigenvalue weighted by Gasteiger charge is 2.52. The van der Waals surface area contributed by atoms with Gasteiger partial charge in [0.15, 0.2) is 10.9 Å². The zero-order valence-electron chi connectivity index (χ0n) is 23.4. The average Bonchev–Trinajstić information content (AvgIpc) is 3.68. The number of amides is 2. The summed E-state index contributed by atoms with van der Waals surface area (Å²) in [7, 11) is 2.13. The quantitative estimate of drug-likeness (QED) is 0.573. The molecule has 0 radical (unpaired) electrons. The molecule has 0 bridgehead atoms. The smallest absolute Gasteiger partial charge is 0.249 e. The van der Waals surface area contributed by atoms with Crippen LogP contribution in [-0.2, 0) is 14.3 Å². The molecule has 4 aliphatic rings. The van der Waals surface area contributed by atoms with E-state index in [9.17, 15) is 14.4 Å². The van der Waals surface area contributed by atoms with Crippen LogP contribution in [0.15, 0.2) is 23.6 Å². The fourth-order valence-corrected chi connectivity index (χ4v) is 7.99. The third kappa shape index (κ3) is 5.05. The lowest BCUT2D eigenvalue weighted by Crippen LogP contribution is -2.46. The summed E-state index contributed by atoms with van der Waals surface area (Å²) in [4.78, 5) is 51.3. The molecule has 4 fully saturated rings. The number of anilines is 1. The predicted molar refractivity (Wildman–Crippen MR) is 155 cm³/mol. The molecule has 2 N–H and O–H groups in total. The van der Waals surface area contributed by atoms with Crippen LogP contribution in [0.3, 0.4) is 0 Å². The Bertz CT molecular complexity index is 1280. The monoisotopic (exact) mass is 565 g/mol. The summed E-state index contributed by atoms with van der Waals surface area (Å²) >= 11 is 1.62. The zero-order chi connectivity index (χ0) is 28.0. The van der Waals surface area contributed by atoms with Gasteiger partial charge in [0.05, 0.1) is 17.7 Å². The molecule has 2 aromatic rings. The Morgan fingerprint density at radius 1 is 1.12 bits per heavy atom. The SMILES string of the molecule is C[C@@H]1CN(C(=O)[C@H](c2cc(-c3csc(N4CCN(C)CC4)n3)ccc2C(N)=O)C2CCCCC2)[C@@H]2C(=O)CO[C@H]12. The van der Waals surface area contributed by atoms with E-state index < -0.39 is 17.9 Å². The van der Waals surface area contributed by atoms with Crippen molar-refractivity contribution in [1.29, 1.82) is 0 Å². The number of carbonyl (C=O) groups excluding carboxylic acids is 3. The van der Waals surface area contributed by atoms with Gasteiger partial charge in [0, 0.05) is 55.1 Å². The van der Waals surface area contributed by atoms with Crippen molar-refractivity contribution in [2.45, 2.75) is 57.1 Å². The summed E-state index contributed by atoms with van der Waals surface area (Å²) < 4.78 is 5.78. The number of benzene rings is 1. The molecule has 1 aromatic carbocycles. The van der Waals surface area contributed by atoms with Crippen LogP contribution in [0, 0.1) is 11.8 Å². The number of Topliss-reactive ketones (excluding diaryl/α,β-unsaturated/α-hetero) is 1. The fraction of sp³-hybridized carbons (Fsp3) is 0.600. The molecule has 6 rings (SSSR count). The summed E-state index contributed by atoms with van der Waals surface area (Å²) in [5, 5.41) is 3.04. The highest BCUT2D eigenvalue weighted by molar-refractivity contribution is 7.14. The molecule has 0 unspecified atom stereocenters. The number of carbonyl (C=O) groups is 3. The minimum Gasteiger partial charge on any atom is -0.367 e. The van der Waals surface area contributed by atoms with E-state index in [1.165, 1.54) is 0 Å². The molecule has 9 nitrogen and oxygen atoms in total. The molecule has 10 heteroatoms. The Labute approximate surface area is 239 Å². The maximum absolute atomic E-state index is 14.5. The van der Waals surface area contributed by atoms with Crippen molar-refractivity contribution in [3.63, 3.8) is 0 Å². The number of primary amides is 1. The van der Waals surface area contributed by atoms with Gasteiger partial charge in [-0.25, -0.2) is 4.98 Å². The van der Waals surface area contributed by atoms with Crippen LogP contribution < -0.4 is 10.6 Å². The second-order valence-corrected chi connectivity index (χ2v) is 12.8. The summed E-state index contributed by atoms with van der Waals surface area (Å²) in [6.07, 6.45) is 4.80. The second kappa shape index (κ2) is 11.2. The molecule has 1 aromatic heterocycles. The van der Waals surface area contributed by atoms with E-state index in [0.29, 0.717) is 17.7 Å². The van der Waals surface area contributed by atoms with Gasteiger partial charge in [-0.3, -0.25) is 14.4 Å².